The zero-order valence-corrected chi connectivity index (χ0v) is 15.8. The van der Waals surface area contributed by atoms with Crippen LogP contribution in [0.1, 0.15) is 35.4 Å². The monoisotopic (exact) mass is 437 g/mol. The molecule has 0 bridgehead atoms. The van der Waals surface area contributed by atoms with Gasteiger partial charge in [-0.25, -0.2) is 30.4 Å². The van der Waals surface area contributed by atoms with Crippen LogP contribution in [-0.2, 0) is 16.9 Å². The first-order valence-corrected chi connectivity index (χ1v) is 10.1. The lowest BCUT2D eigenvalue weighted by atomic mass is 9.82. The maximum Gasteiger partial charge on any atom is 0.280 e. The Bertz CT molecular complexity index is 1050. The summed E-state index contributed by atoms with van der Waals surface area (Å²) in [6.45, 7) is 0. The molecule has 1 fully saturated rings. The van der Waals surface area contributed by atoms with Crippen LogP contribution in [0.5, 0.6) is 0 Å². The van der Waals surface area contributed by atoms with Crippen LogP contribution >= 0.6 is 0 Å². The number of halogens is 5. The van der Waals surface area contributed by atoms with Gasteiger partial charge in [-0.2, -0.15) is 0 Å². The maximum absolute atomic E-state index is 14.7. The Morgan fingerprint density at radius 1 is 1.41 bits per heavy atom. The normalized spacial score (nSPS) is 18.5. The van der Waals surface area contributed by atoms with E-state index in [4.69, 9.17) is 0 Å². The number of amides is 1. The van der Waals surface area contributed by atoms with Crippen molar-refractivity contribution < 1.29 is 35.2 Å². The molecular formula is C17H16F5N3O3S. The van der Waals surface area contributed by atoms with Crippen molar-refractivity contribution in [2.45, 2.75) is 30.1 Å². The van der Waals surface area contributed by atoms with Crippen LogP contribution in [0.2, 0.25) is 0 Å². The van der Waals surface area contributed by atoms with Crippen molar-refractivity contribution in [3.63, 3.8) is 0 Å². The van der Waals surface area contributed by atoms with E-state index in [9.17, 15) is 35.2 Å². The number of hydrogen-bond acceptors (Lipinski definition) is 4. The van der Waals surface area contributed by atoms with Crippen molar-refractivity contribution in [1.29, 1.82) is 0 Å². The third-order valence-corrected chi connectivity index (χ3v) is 6.54. The number of aromatic nitrogens is 2. The summed E-state index contributed by atoms with van der Waals surface area (Å²) in [5.41, 5.74) is -1.39. The van der Waals surface area contributed by atoms with Crippen molar-refractivity contribution in [2.24, 2.45) is 13.0 Å². The van der Waals surface area contributed by atoms with E-state index in [1.807, 2.05) is 0 Å². The summed E-state index contributed by atoms with van der Waals surface area (Å²) in [4.78, 5) is 14.9. The van der Waals surface area contributed by atoms with E-state index in [0.717, 1.165) is 23.0 Å². The molecule has 6 nitrogen and oxygen atoms in total. The van der Waals surface area contributed by atoms with Crippen molar-refractivity contribution in [3.8, 4) is 0 Å². The Labute approximate surface area is 162 Å². The molecule has 1 aliphatic carbocycles. The number of nitrogens with zero attached hydrogens (tertiary/aromatic N) is 2. The van der Waals surface area contributed by atoms with Crippen molar-refractivity contribution in [3.05, 3.63) is 41.7 Å². The van der Waals surface area contributed by atoms with E-state index in [2.05, 4.69) is 10.3 Å². The molecule has 12 heteroatoms. The molecule has 0 spiro atoms. The molecule has 1 atom stereocenters. The lowest BCUT2D eigenvalue weighted by Crippen LogP contribution is -2.42. The van der Waals surface area contributed by atoms with Gasteiger partial charge in [0.05, 0.1) is 5.75 Å². The summed E-state index contributed by atoms with van der Waals surface area (Å²) < 4.78 is 92.7. The Kier molecular flexibility index (Phi) is 5.41. The highest BCUT2D eigenvalue weighted by atomic mass is 32.2. The summed E-state index contributed by atoms with van der Waals surface area (Å²) in [5.74, 6) is -7.96. The summed E-state index contributed by atoms with van der Waals surface area (Å²) in [6.07, 6.45) is -1.46. The van der Waals surface area contributed by atoms with Crippen LogP contribution in [0.4, 0.5) is 27.6 Å². The van der Waals surface area contributed by atoms with Crippen molar-refractivity contribution >= 4 is 21.4 Å². The Morgan fingerprint density at radius 3 is 2.66 bits per heavy atom. The van der Waals surface area contributed by atoms with E-state index < -0.39 is 68.3 Å². The highest BCUT2D eigenvalue weighted by Gasteiger charge is 2.50. The van der Waals surface area contributed by atoms with Crippen LogP contribution in [0, 0.1) is 11.7 Å². The Morgan fingerprint density at radius 2 is 2.10 bits per heavy atom. The number of carbonyl (C=O) groups is 1. The van der Waals surface area contributed by atoms with Gasteiger partial charge in [0.2, 0.25) is 0 Å². The van der Waals surface area contributed by atoms with Gasteiger partial charge in [-0.1, -0.05) is 0 Å². The zero-order chi connectivity index (χ0) is 21.6. The summed E-state index contributed by atoms with van der Waals surface area (Å²) in [7, 11) is -3.21. The SMILES string of the molecule is Cn1cc(S(=O)(=O)CC2CCC2(F)F)c(F)c1C(=O)Nc1ccnc(C(F)F)c1. The lowest BCUT2D eigenvalue weighted by molar-refractivity contribution is -0.122. The number of alkyl halides is 4. The molecule has 158 valence electrons. The molecule has 1 unspecified atom stereocenters. The van der Waals surface area contributed by atoms with Crippen molar-refractivity contribution in [1.82, 2.24) is 9.55 Å². The van der Waals surface area contributed by atoms with Crippen LogP contribution in [0.25, 0.3) is 0 Å². The fourth-order valence-corrected chi connectivity index (χ4v) is 4.82. The second-order valence-electron chi connectivity index (χ2n) is 6.77. The highest BCUT2D eigenvalue weighted by Crippen LogP contribution is 2.44. The van der Waals surface area contributed by atoms with E-state index >= 15 is 0 Å². The topological polar surface area (TPSA) is 81.1 Å². The fraction of sp³-hybridized carbons (Fsp3) is 0.412. The van der Waals surface area contributed by atoms with Gasteiger partial charge in [-0.3, -0.25) is 9.78 Å². The number of carbonyl (C=O) groups excluding carboxylic acids is 1. The van der Waals surface area contributed by atoms with Crippen LogP contribution < -0.4 is 5.32 Å². The molecule has 2 aromatic rings. The molecule has 0 aromatic carbocycles. The van der Waals surface area contributed by atoms with Gasteiger partial charge in [0.15, 0.2) is 15.7 Å². The number of nitrogens with one attached hydrogen (secondary N) is 1. The van der Waals surface area contributed by atoms with Gasteiger partial charge in [0.1, 0.15) is 16.3 Å². The van der Waals surface area contributed by atoms with E-state index in [1.165, 1.54) is 13.1 Å². The zero-order valence-electron chi connectivity index (χ0n) is 15.0. The van der Waals surface area contributed by atoms with Crippen LogP contribution in [0.3, 0.4) is 0 Å². The first kappa shape index (κ1) is 21.2. The van der Waals surface area contributed by atoms with Crippen LogP contribution in [-0.4, -0.2) is 35.6 Å². The lowest BCUT2D eigenvalue weighted by Gasteiger charge is -2.35. The number of aryl methyl sites for hydroxylation is 1. The average Bonchev–Trinajstić information content (AvgIpc) is 2.94. The fourth-order valence-electron chi connectivity index (χ4n) is 3.01. The average molecular weight is 437 g/mol. The maximum atomic E-state index is 14.7. The molecule has 0 aliphatic heterocycles. The molecule has 0 saturated heterocycles. The van der Waals surface area contributed by atoms with E-state index in [0.29, 0.717) is 0 Å². The molecule has 1 N–H and O–H groups in total. The van der Waals surface area contributed by atoms with Gasteiger partial charge in [0.25, 0.3) is 18.3 Å². The second-order valence-corrected chi connectivity index (χ2v) is 8.77. The number of hydrogen-bond donors (Lipinski definition) is 1. The largest absolute Gasteiger partial charge is 0.343 e. The number of anilines is 1. The molecule has 1 aliphatic rings. The van der Waals surface area contributed by atoms with Gasteiger partial charge in [-0.05, 0) is 18.6 Å². The predicted molar refractivity (Wildman–Crippen MR) is 92.2 cm³/mol. The third-order valence-electron chi connectivity index (χ3n) is 4.74. The second kappa shape index (κ2) is 7.39. The van der Waals surface area contributed by atoms with Gasteiger partial charge in [-0.15, -0.1) is 0 Å². The summed E-state index contributed by atoms with van der Waals surface area (Å²) in [5, 5.41) is 2.19. The van der Waals surface area contributed by atoms with E-state index in [1.54, 1.807) is 0 Å². The summed E-state index contributed by atoms with van der Waals surface area (Å²) in [6, 6.07) is 2.08. The minimum absolute atomic E-state index is 0.00252. The van der Waals surface area contributed by atoms with Gasteiger partial charge >= 0.3 is 0 Å². The molecule has 29 heavy (non-hydrogen) atoms. The minimum Gasteiger partial charge on any atom is -0.343 e. The van der Waals surface area contributed by atoms with E-state index in [-0.39, 0.29) is 12.1 Å². The molecule has 2 aromatic heterocycles. The Balaban J connectivity index is 1.85. The number of pyridine rings is 1. The van der Waals surface area contributed by atoms with Gasteiger partial charge < -0.3 is 9.88 Å². The Hall–Kier alpha value is -2.50. The highest BCUT2D eigenvalue weighted by molar-refractivity contribution is 7.91. The standard InChI is InChI=1S/C17H16F5N3O3S/c1-25-7-12(29(27,28)8-9-2-4-17(9,21)22)13(18)14(25)16(26)24-10-3-5-23-11(6-10)15(19)20/h3,5-7,9,15H,2,4,8H2,1H3,(H,23,24,26). The molecule has 0 radical (unpaired) electrons. The molecule has 1 amide bonds. The number of sulfone groups is 1. The third kappa shape index (κ3) is 4.11. The molecule has 3 rings (SSSR count). The molecule has 2 heterocycles. The first-order chi connectivity index (χ1) is 13.4. The number of rotatable bonds is 6. The molecule has 1 saturated carbocycles. The van der Waals surface area contributed by atoms with Crippen molar-refractivity contribution in [2.75, 3.05) is 11.1 Å². The first-order valence-electron chi connectivity index (χ1n) is 8.43. The molecular weight excluding hydrogens is 421 g/mol. The van der Waals surface area contributed by atoms with Gasteiger partial charge in [0, 0.05) is 37.5 Å². The van der Waals surface area contributed by atoms with Crippen LogP contribution in [0.15, 0.2) is 29.4 Å². The predicted octanol–water partition coefficient (Wildman–Crippen LogP) is 3.57. The summed E-state index contributed by atoms with van der Waals surface area (Å²) >= 11 is 0. The minimum atomic E-state index is -4.41. The quantitative estimate of drug-likeness (QED) is 0.701. The smallest absolute Gasteiger partial charge is 0.280 e.